The average molecular weight is 513 g/mol. The summed E-state index contributed by atoms with van der Waals surface area (Å²) in [5.41, 5.74) is 2.11. The molecule has 3 rings (SSSR count). The molecule has 1 N–H and O–H groups in total. The minimum atomic E-state index is -4.02. The van der Waals surface area contributed by atoms with E-state index < -0.39 is 22.5 Å². The number of hydrogen-bond donors (Lipinski definition) is 1. The van der Waals surface area contributed by atoms with Gasteiger partial charge in [0, 0.05) is 0 Å². The van der Waals surface area contributed by atoms with E-state index in [0.29, 0.717) is 29.4 Å². The van der Waals surface area contributed by atoms with Crippen LogP contribution in [0.3, 0.4) is 0 Å². The first-order valence-electron chi connectivity index (χ1n) is 11.5. The van der Waals surface area contributed by atoms with Crippen molar-refractivity contribution in [3.05, 3.63) is 77.9 Å². The molecule has 192 valence electrons. The third-order valence-electron chi connectivity index (χ3n) is 5.81. The van der Waals surface area contributed by atoms with Crippen LogP contribution in [0.15, 0.2) is 71.6 Å². The lowest BCUT2D eigenvalue weighted by atomic mass is 10.0. The molecular weight excluding hydrogens is 480 g/mol. The Morgan fingerprint density at radius 1 is 0.889 bits per heavy atom. The van der Waals surface area contributed by atoms with Crippen LogP contribution in [0.4, 0.5) is 5.69 Å². The summed E-state index contributed by atoms with van der Waals surface area (Å²) in [5, 5.41) is 2.96. The molecule has 0 fully saturated rings. The van der Waals surface area contributed by atoms with Gasteiger partial charge in [-0.2, -0.15) is 0 Å². The summed E-state index contributed by atoms with van der Waals surface area (Å²) in [7, 11) is 0.613. The number of benzene rings is 3. The van der Waals surface area contributed by atoms with Crippen molar-refractivity contribution in [3.63, 3.8) is 0 Å². The van der Waals surface area contributed by atoms with E-state index >= 15 is 0 Å². The number of ether oxygens (including phenoxy) is 3. The summed E-state index contributed by atoms with van der Waals surface area (Å²) in [6.07, 6.45) is 0.592. The van der Waals surface area contributed by atoms with Crippen LogP contribution in [-0.4, -0.2) is 42.2 Å². The number of nitrogens with zero attached hydrogens (tertiary/aromatic N) is 1. The molecule has 3 aromatic rings. The highest BCUT2D eigenvalue weighted by Gasteiger charge is 2.28. The SMILES string of the molecule is CCC(NC(=O)CN(c1ccc(OC)cc1)S(=O)(=O)c1ccc(C)cc1)c1ccc(OC)c(OC)c1. The highest BCUT2D eigenvalue weighted by Crippen LogP contribution is 2.31. The number of carbonyl (C=O) groups excluding carboxylic acids is 1. The molecule has 0 saturated heterocycles. The zero-order valence-electron chi connectivity index (χ0n) is 21.1. The van der Waals surface area contributed by atoms with E-state index in [9.17, 15) is 13.2 Å². The van der Waals surface area contributed by atoms with Crippen molar-refractivity contribution in [1.82, 2.24) is 5.32 Å². The van der Waals surface area contributed by atoms with Gasteiger partial charge in [0.25, 0.3) is 10.0 Å². The number of nitrogens with one attached hydrogen (secondary N) is 1. The first kappa shape index (κ1) is 26.9. The minimum absolute atomic E-state index is 0.101. The molecule has 0 aliphatic rings. The zero-order valence-corrected chi connectivity index (χ0v) is 22.0. The normalized spacial score (nSPS) is 11.9. The van der Waals surface area contributed by atoms with Crippen molar-refractivity contribution in [2.45, 2.75) is 31.2 Å². The number of hydrogen-bond acceptors (Lipinski definition) is 6. The Hall–Kier alpha value is -3.72. The Bertz CT molecular complexity index is 1270. The van der Waals surface area contributed by atoms with Crippen LogP contribution in [-0.2, 0) is 14.8 Å². The first-order chi connectivity index (χ1) is 17.2. The molecule has 0 aromatic heterocycles. The maximum Gasteiger partial charge on any atom is 0.264 e. The van der Waals surface area contributed by atoms with E-state index in [2.05, 4.69) is 5.32 Å². The molecule has 0 radical (unpaired) electrons. The van der Waals surface area contributed by atoms with Gasteiger partial charge in [0.1, 0.15) is 12.3 Å². The summed E-state index contributed by atoms with van der Waals surface area (Å²) in [5.74, 6) is 1.26. The minimum Gasteiger partial charge on any atom is -0.497 e. The largest absolute Gasteiger partial charge is 0.497 e. The smallest absolute Gasteiger partial charge is 0.264 e. The van der Waals surface area contributed by atoms with Crippen molar-refractivity contribution >= 4 is 21.6 Å². The fourth-order valence-electron chi connectivity index (χ4n) is 3.76. The standard InChI is InChI=1S/C27H32N2O6S/c1-6-24(20-9-16-25(34-4)26(17-20)35-5)28-27(30)18-29(21-10-12-22(33-3)13-11-21)36(31,32)23-14-7-19(2)8-15-23/h7-17,24H,6,18H2,1-5H3,(H,28,30). The average Bonchev–Trinajstić information content (AvgIpc) is 2.90. The summed E-state index contributed by atoms with van der Waals surface area (Å²) < 4.78 is 44.2. The number of amides is 1. The predicted octanol–water partition coefficient (Wildman–Crippen LogP) is 4.48. The Labute approximate surface area is 212 Å². The Kier molecular flexibility index (Phi) is 8.82. The lowest BCUT2D eigenvalue weighted by Crippen LogP contribution is -2.42. The molecule has 0 aliphatic carbocycles. The predicted molar refractivity (Wildman–Crippen MR) is 139 cm³/mol. The van der Waals surface area contributed by atoms with Gasteiger partial charge in [0.15, 0.2) is 11.5 Å². The lowest BCUT2D eigenvalue weighted by molar-refractivity contribution is -0.120. The van der Waals surface area contributed by atoms with E-state index in [4.69, 9.17) is 14.2 Å². The molecule has 0 saturated carbocycles. The van der Waals surface area contributed by atoms with E-state index in [-0.39, 0.29) is 10.9 Å². The van der Waals surface area contributed by atoms with Crippen LogP contribution >= 0.6 is 0 Å². The molecular formula is C27H32N2O6S. The van der Waals surface area contributed by atoms with E-state index in [1.165, 1.54) is 19.2 Å². The van der Waals surface area contributed by atoms with Crippen LogP contribution in [0.1, 0.15) is 30.5 Å². The Morgan fingerprint density at radius 2 is 1.53 bits per heavy atom. The third kappa shape index (κ3) is 6.09. The molecule has 0 spiro atoms. The van der Waals surface area contributed by atoms with E-state index in [0.717, 1.165) is 15.4 Å². The molecule has 9 heteroatoms. The van der Waals surface area contributed by atoms with E-state index in [1.54, 1.807) is 62.8 Å². The first-order valence-corrected chi connectivity index (χ1v) is 12.9. The topological polar surface area (TPSA) is 94.2 Å². The number of sulfonamides is 1. The monoisotopic (exact) mass is 512 g/mol. The van der Waals surface area contributed by atoms with Crippen molar-refractivity contribution in [3.8, 4) is 17.2 Å². The van der Waals surface area contributed by atoms with E-state index in [1.807, 2.05) is 19.9 Å². The molecule has 1 amide bonds. The third-order valence-corrected chi connectivity index (χ3v) is 7.60. The molecule has 3 aromatic carbocycles. The summed E-state index contributed by atoms with van der Waals surface area (Å²) in [6, 6.07) is 18.1. The number of carbonyl (C=O) groups is 1. The van der Waals surface area contributed by atoms with Gasteiger partial charge in [-0.05, 0) is 67.4 Å². The second kappa shape index (κ2) is 11.8. The van der Waals surface area contributed by atoms with Crippen LogP contribution < -0.4 is 23.8 Å². The van der Waals surface area contributed by atoms with Crippen LogP contribution in [0.2, 0.25) is 0 Å². The molecule has 1 atom stereocenters. The van der Waals surface area contributed by atoms with Gasteiger partial charge in [-0.3, -0.25) is 9.10 Å². The fourth-order valence-corrected chi connectivity index (χ4v) is 5.18. The summed E-state index contributed by atoms with van der Waals surface area (Å²) >= 11 is 0. The van der Waals surface area contributed by atoms with Gasteiger partial charge in [0.2, 0.25) is 5.91 Å². The van der Waals surface area contributed by atoms with Crippen LogP contribution in [0.25, 0.3) is 0 Å². The van der Waals surface area contributed by atoms with Gasteiger partial charge in [-0.1, -0.05) is 30.7 Å². The van der Waals surface area contributed by atoms with Gasteiger partial charge in [-0.25, -0.2) is 8.42 Å². The molecule has 1 unspecified atom stereocenters. The number of anilines is 1. The fraction of sp³-hybridized carbons (Fsp3) is 0.296. The zero-order chi connectivity index (χ0) is 26.3. The highest BCUT2D eigenvalue weighted by atomic mass is 32.2. The Balaban J connectivity index is 1.91. The highest BCUT2D eigenvalue weighted by molar-refractivity contribution is 7.92. The van der Waals surface area contributed by atoms with Crippen molar-refractivity contribution in [2.24, 2.45) is 0 Å². The number of rotatable bonds is 11. The van der Waals surface area contributed by atoms with Gasteiger partial charge >= 0.3 is 0 Å². The van der Waals surface area contributed by atoms with Gasteiger partial charge in [-0.15, -0.1) is 0 Å². The second-order valence-corrected chi connectivity index (χ2v) is 10.0. The van der Waals surface area contributed by atoms with Crippen molar-refractivity contribution < 1.29 is 27.4 Å². The van der Waals surface area contributed by atoms with Crippen molar-refractivity contribution in [1.29, 1.82) is 0 Å². The van der Waals surface area contributed by atoms with Crippen LogP contribution in [0.5, 0.6) is 17.2 Å². The van der Waals surface area contributed by atoms with Crippen LogP contribution in [0, 0.1) is 6.92 Å². The number of methoxy groups -OCH3 is 3. The molecule has 0 bridgehead atoms. The second-order valence-electron chi connectivity index (χ2n) is 8.17. The van der Waals surface area contributed by atoms with Gasteiger partial charge < -0.3 is 19.5 Å². The molecule has 36 heavy (non-hydrogen) atoms. The Morgan fingerprint density at radius 3 is 2.08 bits per heavy atom. The summed E-state index contributed by atoms with van der Waals surface area (Å²) in [4.78, 5) is 13.3. The molecule has 0 aliphatic heterocycles. The molecule has 0 heterocycles. The van der Waals surface area contributed by atoms with Crippen molar-refractivity contribution in [2.75, 3.05) is 32.2 Å². The summed E-state index contributed by atoms with van der Waals surface area (Å²) in [6.45, 7) is 3.42. The maximum absolute atomic E-state index is 13.6. The molecule has 8 nitrogen and oxygen atoms in total. The maximum atomic E-state index is 13.6. The van der Waals surface area contributed by atoms with Gasteiger partial charge in [0.05, 0.1) is 38.0 Å². The number of aryl methyl sites for hydroxylation is 1. The quantitative estimate of drug-likeness (QED) is 0.407. The lowest BCUT2D eigenvalue weighted by Gasteiger charge is -2.26.